The summed E-state index contributed by atoms with van der Waals surface area (Å²) in [5, 5.41) is 0. The van der Waals surface area contributed by atoms with Crippen molar-refractivity contribution in [2.45, 2.75) is 116 Å². The molecule has 0 aliphatic heterocycles. The van der Waals surface area contributed by atoms with E-state index >= 15 is 0 Å². The second-order valence-electron chi connectivity index (χ2n) is 26.6. The second-order valence-corrected chi connectivity index (χ2v) is 26.6. The fourth-order valence-electron chi connectivity index (χ4n) is 28.9. The Morgan fingerprint density at radius 2 is 0.308 bits per heavy atom. The zero-order valence-electron chi connectivity index (χ0n) is 32.4. The van der Waals surface area contributed by atoms with Crippen molar-refractivity contribution in [2.75, 3.05) is 0 Å². The molecule has 18 rings (SSSR count). The van der Waals surface area contributed by atoms with Crippen LogP contribution in [0.4, 0.5) is 0 Å². The first-order valence-electron chi connectivity index (χ1n) is 25.8. The van der Waals surface area contributed by atoms with Crippen LogP contribution in [0.2, 0.25) is 0 Å². The lowest BCUT2D eigenvalue weighted by Crippen LogP contribution is -2.82. The van der Waals surface area contributed by atoms with E-state index in [0.29, 0.717) is 0 Å². The van der Waals surface area contributed by atoms with Gasteiger partial charge in [-0.3, -0.25) is 0 Å². The van der Waals surface area contributed by atoms with Crippen LogP contribution in [0.5, 0.6) is 0 Å². The quantitative estimate of drug-likeness (QED) is 0.237. The van der Waals surface area contributed by atoms with Gasteiger partial charge in [-0.15, -0.1) is 0 Å². The highest BCUT2D eigenvalue weighted by atomic mass is 14.9. The number of hydrogen-bond acceptors (Lipinski definition) is 0. The van der Waals surface area contributed by atoms with E-state index in [0.717, 1.165) is 0 Å². The van der Waals surface area contributed by atoms with E-state index in [2.05, 4.69) is 0 Å². The Morgan fingerprint density at radius 3 is 0.577 bits per heavy atom. The summed E-state index contributed by atoms with van der Waals surface area (Å²) in [4.78, 5) is 0. The molecule has 52 heavy (non-hydrogen) atoms. The van der Waals surface area contributed by atoms with Crippen molar-refractivity contribution in [3.8, 4) is 0 Å². The molecule has 0 bridgehead atoms. The molecule has 0 heterocycles. The lowest BCUT2D eigenvalue weighted by atomic mass is 9.18. The summed E-state index contributed by atoms with van der Waals surface area (Å²) < 4.78 is 0. The van der Waals surface area contributed by atoms with E-state index in [9.17, 15) is 0 Å². The second kappa shape index (κ2) is 8.85. The molecule has 34 unspecified atom stereocenters. The van der Waals surface area contributed by atoms with Crippen LogP contribution in [0.15, 0.2) is 0 Å². The zero-order chi connectivity index (χ0) is 32.4. The minimum absolute atomic E-state index is 1.18. The first-order chi connectivity index (χ1) is 25.8. The van der Waals surface area contributed by atoms with Gasteiger partial charge in [-0.2, -0.15) is 0 Å². The minimum atomic E-state index is 1.18. The SMILES string of the molecule is C1CC2CC3CCC4CC5CCC6CC7CCC8CC9CCC%10CCC%11C%12CCC1C1C2C2C3C4C3C5C6C4C7C8C5C9C%10C%11C6C(C%121)C2C3C4C56. The van der Waals surface area contributed by atoms with Crippen molar-refractivity contribution in [3.05, 3.63) is 0 Å². The van der Waals surface area contributed by atoms with Crippen molar-refractivity contribution in [1.82, 2.24) is 0 Å². The Morgan fingerprint density at radius 1 is 0.135 bits per heavy atom. The van der Waals surface area contributed by atoms with E-state index in [-0.39, 0.29) is 0 Å². The van der Waals surface area contributed by atoms with Crippen molar-refractivity contribution in [2.24, 2.45) is 201 Å². The minimum Gasteiger partial charge on any atom is -0.0499 e. The van der Waals surface area contributed by atoms with Crippen molar-refractivity contribution >= 4 is 0 Å². The molecule has 18 fully saturated rings. The molecule has 0 amide bonds. The third-order valence-corrected chi connectivity index (χ3v) is 27.7. The van der Waals surface area contributed by atoms with Gasteiger partial charge in [0.1, 0.15) is 0 Å². The topological polar surface area (TPSA) is 0 Å². The van der Waals surface area contributed by atoms with Gasteiger partial charge in [0.25, 0.3) is 0 Å². The molecule has 18 saturated carbocycles. The molecule has 0 aromatic heterocycles. The first-order valence-corrected chi connectivity index (χ1v) is 25.8. The molecule has 0 aromatic carbocycles. The highest BCUT2D eigenvalue weighted by Crippen LogP contribution is 2.88. The van der Waals surface area contributed by atoms with E-state index < -0.39 is 0 Å². The van der Waals surface area contributed by atoms with Gasteiger partial charge in [0, 0.05) is 0 Å². The first kappa shape index (κ1) is 28.4. The third-order valence-electron chi connectivity index (χ3n) is 27.7. The van der Waals surface area contributed by atoms with E-state index in [4.69, 9.17) is 0 Å². The maximum absolute atomic E-state index is 1.75. The molecule has 278 valence electrons. The molecule has 0 nitrogen and oxygen atoms in total. The number of rotatable bonds is 0. The summed E-state index contributed by atoms with van der Waals surface area (Å²) in [6.07, 6.45) is 30.9. The molecule has 0 saturated heterocycles. The maximum atomic E-state index is 1.75. The molecule has 0 radical (unpaired) electrons. The maximum Gasteiger partial charge on any atom is -0.0312 e. The summed E-state index contributed by atoms with van der Waals surface area (Å²) in [5.41, 5.74) is 0. The van der Waals surface area contributed by atoms with Gasteiger partial charge in [0.2, 0.25) is 0 Å². The van der Waals surface area contributed by atoms with Crippen LogP contribution in [-0.4, -0.2) is 0 Å². The third kappa shape index (κ3) is 2.70. The van der Waals surface area contributed by atoms with E-state index in [1.54, 1.807) is 116 Å². The Kier molecular flexibility index (Phi) is 4.84. The van der Waals surface area contributed by atoms with Crippen LogP contribution < -0.4 is 0 Å². The van der Waals surface area contributed by atoms with Crippen molar-refractivity contribution in [1.29, 1.82) is 0 Å². The van der Waals surface area contributed by atoms with Gasteiger partial charge in [-0.05, 0) is 317 Å². The molecule has 34 atom stereocenters. The monoisotopic (exact) mass is 695 g/mol. The van der Waals surface area contributed by atoms with Gasteiger partial charge < -0.3 is 0 Å². The molecule has 18 aliphatic rings. The fourth-order valence-corrected chi connectivity index (χ4v) is 28.9. The van der Waals surface area contributed by atoms with Crippen LogP contribution >= 0.6 is 0 Å². The molecular formula is C52H70. The van der Waals surface area contributed by atoms with Crippen LogP contribution in [0, 0.1) is 201 Å². The molecular weight excluding hydrogens is 625 g/mol. The summed E-state index contributed by atoms with van der Waals surface area (Å²) in [6, 6.07) is 0. The van der Waals surface area contributed by atoms with E-state index in [1.165, 1.54) is 201 Å². The Bertz CT molecular complexity index is 1520. The Labute approximate surface area is 315 Å². The molecule has 0 aromatic rings. The molecule has 18 aliphatic carbocycles. The number of hydrogen-bond donors (Lipinski definition) is 0. The van der Waals surface area contributed by atoms with Gasteiger partial charge in [-0.25, -0.2) is 0 Å². The number of fused-ring (bicyclic) bond motifs is 1. The zero-order valence-corrected chi connectivity index (χ0v) is 32.4. The summed E-state index contributed by atoms with van der Waals surface area (Å²) >= 11 is 0. The predicted octanol–water partition coefficient (Wildman–Crippen LogP) is 11.2. The summed E-state index contributed by atoms with van der Waals surface area (Å²) in [7, 11) is 0. The smallest absolute Gasteiger partial charge is 0.0312 e. The Hall–Kier alpha value is 0. The van der Waals surface area contributed by atoms with Crippen molar-refractivity contribution < 1.29 is 0 Å². The van der Waals surface area contributed by atoms with Gasteiger partial charge in [-0.1, -0.05) is 0 Å². The molecule has 0 N–H and O–H groups in total. The molecule has 0 spiro atoms. The highest BCUT2D eigenvalue weighted by Gasteiger charge is 2.84. The molecule has 0 heteroatoms. The highest BCUT2D eigenvalue weighted by molar-refractivity contribution is 5.31. The lowest BCUT2D eigenvalue weighted by molar-refractivity contribution is -0.394. The predicted molar refractivity (Wildman–Crippen MR) is 202 cm³/mol. The van der Waals surface area contributed by atoms with Gasteiger partial charge in [0.05, 0.1) is 0 Å². The Balaban J connectivity index is 0.954. The average molecular weight is 695 g/mol. The van der Waals surface area contributed by atoms with E-state index in [1.807, 2.05) is 0 Å². The standard InChI is InChI=1S/C52H70/c1-3-21-15-23-5-7-25-17-27-9-10-28-18-26-8-6-24-16-22-4-2-20-12-14-30-29-13-11-19(1)31-33(21)43-35(23)37(25)45-39(27)40(28)46-38(26)36(24)44-34(22)32(20)42(30)48-47(41(29)31)49(43)51(45)52(46)50(44)48/h19-52H,1-18H2. The normalized spacial score (nSPS) is 78.9. The van der Waals surface area contributed by atoms with Crippen LogP contribution in [0.25, 0.3) is 0 Å². The lowest BCUT2D eigenvalue weighted by Gasteiger charge is -2.86. The summed E-state index contributed by atoms with van der Waals surface area (Å²) in [5.74, 6) is 41.5. The van der Waals surface area contributed by atoms with Crippen LogP contribution in [0.3, 0.4) is 0 Å². The fraction of sp³-hybridized carbons (Fsp3) is 1.00. The average Bonchev–Trinajstić information content (AvgIpc) is 3.19. The van der Waals surface area contributed by atoms with Crippen LogP contribution in [-0.2, 0) is 0 Å². The summed E-state index contributed by atoms with van der Waals surface area (Å²) in [6.45, 7) is 0. The van der Waals surface area contributed by atoms with Crippen molar-refractivity contribution in [3.63, 3.8) is 0 Å². The largest absolute Gasteiger partial charge is 0.0499 e. The van der Waals surface area contributed by atoms with Crippen LogP contribution in [0.1, 0.15) is 116 Å². The van der Waals surface area contributed by atoms with Gasteiger partial charge >= 0.3 is 0 Å². The van der Waals surface area contributed by atoms with Gasteiger partial charge in [0.15, 0.2) is 0 Å².